The highest BCUT2D eigenvalue weighted by atomic mass is 35.5. The van der Waals surface area contributed by atoms with E-state index in [4.69, 9.17) is 25.2 Å². The zero-order valence-electron chi connectivity index (χ0n) is 15.1. The lowest BCUT2D eigenvalue weighted by Crippen LogP contribution is -2.54. The van der Waals surface area contributed by atoms with Gasteiger partial charge in [0.25, 0.3) is 0 Å². The van der Waals surface area contributed by atoms with Crippen molar-refractivity contribution in [2.24, 2.45) is 0 Å². The Morgan fingerprint density at radius 2 is 2.00 bits per heavy atom. The Kier molecular flexibility index (Phi) is 5.41. The van der Waals surface area contributed by atoms with E-state index in [1.165, 1.54) is 18.9 Å². The summed E-state index contributed by atoms with van der Waals surface area (Å²) in [6.07, 6.45) is 1.66. The van der Waals surface area contributed by atoms with Gasteiger partial charge in [-0.05, 0) is 32.3 Å². The zero-order chi connectivity index (χ0) is 19.6. The molecule has 0 N–H and O–H groups in total. The molecule has 7 nitrogen and oxygen atoms in total. The minimum atomic E-state index is -1.18. The SMILES string of the molecule is Cc1oc(=O)oc1COC(=O)N(C)[C@]1(c2ccccc2Cl)CCCCC1=O. The standard InChI is InChI=1S/C19H20ClNO6/c1-12-15(27-18(24)26-12)11-25-17(23)21(2)19(10-6-5-9-16(19)22)13-7-3-4-8-14(13)20/h3-4,7-8H,5-6,9-11H2,1-2H3/t19-/m0/s1. The number of halogens is 1. The molecule has 1 saturated carbocycles. The van der Waals surface area contributed by atoms with Crippen molar-refractivity contribution >= 4 is 23.5 Å². The first-order valence-corrected chi connectivity index (χ1v) is 9.02. The Hall–Kier alpha value is -2.54. The summed E-state index contributed by atoms with van der Waals surface area (Å²) in [5.74, 6) is -0.567. The van der Waals surface area contributed by atoms with Gasteiger partial charge in [0.1, 0.15) is 5.54 Å². The highest BCUT2D eigenvalue weighted by molar-refractivity contribution is 6.31. The van der Waals surface area contributed by atoms with Gasteiger partial charge in [0.15, 0.2) is 23.9 Å². The van der Waals surface area contributed by atoms with Crippen LogP contribution in [-0.4, -0.2) is 23.8 Å². The van der Waals surface area contributed by atoms with Crippen molar-refractivity contribution in [3.63, 3.8) is 0 Å². The van der Waals surface area contributed by atoms with Gasteiger partial charge in [-0.2, -0.15) is 0 Å². The Labute approximate surface area is 160 Å². The van der Waals surface area contributed by atoms with Crippen molar-refractivity contribution in [2.45, 2.75) is 44.8 Å². The van der Waals surface area contributed by atoms with Crippen LogP contribution >= 0.6 is 11.6 Å². The Morgan fingerprint density at radius 3 is 2.63 bits per heavy atom. The maximum Gasteiger partial charge on any atom is 0.519 e. The third-order valence-electron chi connectivity index (χ3n) is 4.98. The van der Waals surface area contributed by atoms with E-state index in [2.05, 4.69) is 0 Å². The summed E-state index contributed by atoms with van der Waals surface area (Å²) in [5.41, 5.74) is -0.596. The van der Waals surface area contributed by atoms with Crippen LogP contribution in [0.3, 0.4) is 0 Å². The van der Waals surface area contributed by atoms with Crippen LogP contribution in [0.25, 0.3) is 0 Å². The number of ketones is 1. The maximum atomic E-state index is 13.0. The topological polar surface area (TPSA) is 90.0 Å². The average Bonchev–Trinajstić information content (AvgIpc) is 2.97. The molecule has 3 rings (SSSR count). The van der Waals surface area contributed by atoms with Crippen molar-refractivity contribution < 1.29 is 23.2 Å². The summed E-state index contributed by atoms with van der Waals surface area (Å²) in [6, 6.07) is 7.01. The summed E-state index contributed by atoms with van der Waals surface area (Å²) < 4.78 is 14.9. The van der Waals surface area contributed by atoms with Gasteiger partial charge < -0.3 is 13.6 Å². The first-order chi connectivity index (χ1) is 12.9. The van der Waals surface area contributed by atoms with Gasteiger partial charge in [0.05, 0.1) is 0 Å². The smallest absolute Gasteiger partial charge is 0.441 e. The number of carbonyl (C=O) groups excluding carboxylic acids is 2. The van der Waals surface area contributed by atoms with E-state index in [9.17, 15) is 14.4 Å². The predicted molar refractivity (Wildman–Crippen MR) is 96.5 cm³/mol. The maximum absolute atomic E-state index is 13.0. The summed E-state index contributed by atoms with van der Waals surface area (Å²) >= 11 is 6.36. The van der Waals surface area contributed by atoms with E-state index >= 15 is 0 Å². The summed E-state index contributed by atoms with van der Waals surface area (Å²) in [7, 11) is 1.52. The van der Waals surface area contributed by atoms with E-state index in [0.717, 1.165) is 12.8 Å². The van der Waals surface area contributed by atoms with Crippen LogP contribution < -0.4 is 5.82 Å². The Morgan fingerprint density at radius 1 is 1.26 bits per heavy atom. The molecule has 1 aliphatic rings. The Bertz CT molecular complexity index is 917. The van der Waals surface area contributed by atoms with Gasteiger partial charge in [-0.15, -0.1) is 0 Å². The van der Waals surface area contributed by atoms with Crippen LogP contribution in [-0.2, 0) is 21.7 Å². The van der Waals surface area contributed by atoms with Crippen molar-refractivity contribution in [3.8, 4) is 0 Å². The molecule has 0 saturated heterocycles. The molecule has 0 radical (unpaired) electrons. The number of amides is 1. The lowest BCUT2D eigenvalue weighted by molar-refractivity contribution is -0.133. The van der Waals surface area contributed by atoms with Crippen LogP contribution in [0.1, 0.15) is 42.8 Å². The zero-order valence-corrected chi connectivity index (χ0v) is 15.9. The highest BCUT2D eigenvalue weighted by Crippen LogP contribution is 2.42. The van der Waals surface area contributed by atoms with Gasteiger partial charge in [0, 0.05) is 24.1 Å². The number of aryl methyl sites for hydroxylation is 1. The molecule has 0 bridgehead atoms. The molecular weight excluding hydrogens is 374 g/mol. The molecule has 1 aromatic carbocycles. The number of hydrogen-bond acceptors (Lipinski definition) is 6. The molecule has 1 amide bonds. The van der Waals surface area contributed by atoms with Crippen LogP contribution in [0.4, 0.5) is 4.79 Å². The third-order valence-corrected chi connectivity index (χ3v) is 5.31. The lowest BCUT2D eigenvalue weighted by Gasteiger charge is -2.43. The molecule has 1 atom stereocenters. The molecule has 0 unspecified atom stereocenters. The van der Waals surface area contributed by atoms with E-state index in [1.54, 1.807) is 24.3 Å². The number of ether oxygens (including phenoxy) is 1. The fourth-order valence-electron chi connectivity index (χ4n) is 3.52. The van der Waals surface area contributed by atoms with Gasteiger partial charge in [0.2, 0.25) is 0 Å². The van der Waals surface area contributed by atoms with Crippen LogP contribution in [0, 0.1) is 6.92 Å². The molecule has 144 valence electrons. The van der Waals surface area contributed by atoms with Crippen molar-refractivity contribution in [2.75, 3.05) is 7.05 Å². The normalized spacial score (nSPS) is 19.7. The lowest BCUT2D eigenvalue weighted by atomic mass is 9.74. The highest BCUT2D eigenvalue weighted by Gasteiger charge is 2.48. The average molecular weight is 394 g/mol. The number of hydrogen-bond donors (Lipinski definition) is 0. The molecule has 1 heterocycles. The molecule has 2 aromatic rings. The first-order valence-electron chi connectivity index (χ1n) is 8.64. The van der Waals surface area contributed by atoms with Gasteiger partial charge in [-0.25, -0.2) is 9.59 Å². The molecule has 1 aromatic heterocycles. The fraction of sp³-hybridized carbons (Fsp3) is 0.421. The van der Waals surface area contributed by atoms with Crippen molar-refractivity contribution in [3.05, 3.63) is 57.0 Å². The molecular formula is C19H20ClNO6. The van der Waals surface area contributed by atoms with Gasteiger partial charge in [-0.3, -0.25) is 9.69 Å². The molecule has 1 fully saturated rings. The number of carbonyl (C=O) groups is 2. The number of nitrogens with zero attached hydrogens (tertiary/aromatic N) is 1. The van der Waals surface area contributed by atoms with Crippen molar-refractivity contribution in [1.29, 1.82) is 0 Å². The van der Waals surface area contributed by atoms with Gasteiger partial charge >= 0.3 is 11.9 Å². The number of rotatable bonds is 4. The summed E-state index contributed by atoms with van der Waals surface area (Å²) in [4.78, 5) is 38.1. The quantitative estimate of drug-likeness (QED) is 0.784. The Balaban J connectivity index is 1.89. The van der Waals surface area contributed by atoms with Crippen LogP contribution in [0.5, 0.6) is 0 Å². The predicted octanol–water partition coefficient (Wildman–Crippen LogP) is 3.80. The third kappa shape index (κ3) is 3.51. The molecule has 8 heteroatoms. The minimum absolute atomic E-state index is 0.0766. The molecule has 1 aliphatic carbocycles. The largest absolute Gasteiger partial charge is 0.519 e. The van der Waals surface area contributed by atoms with Crippen LogP contribution in [0.2, 0.25) is 5.02 Å². The minimum Gasteiger partial charge on any atom is -0.441 e. The number of Topliss-reactive ketones (excluding diaryl/α,β-unsaturated/α-hetero) is 1. The van der Waals surface area contributed by atoms with Crippen molar-refractivity contribution in [1.82, 2.24) is 4.90 Å². The fourth-order valence-corrected chi connectivity index (χ4v) is 3.81. The first kappa shape index (κ1) is 19.2. The van der Waals surface area contributed by atoms with Gasteiger partial charge in [-0.1, -0.05) is 29.8 Å². The van der Waals surface area contributed by atoms with E-state index in [1.807, 2.05) is 0 Å². The number of benzene rings is 1. The van der Waals surface area contributed by atoms with E-state index in [-0.39, 0.29) is 23.9 Å². The van der Waals surface area contributed by atoms with E-state index < -0.39 is 17.5 Å². The summed E-state index contributed by atoms with van der Waals surface area (Å²) in [5, 5.41) is 0.420. The second kappa shape index (κ2) is 7.60. The molecule has 0 aliphatic heterocycles. The summed E-state index contributed by atoms with van der Waals surface area (Å²) in [6.45, 7) is 1.27. The molecule has 0 spiro atoms. The van der Waals surface area contributed by atoms with Crippen LogP contribution in [0.15, 0.2) is 37.9 Å². The molecule has 27 heavy (non-hydrogen) atoms. The second-order valence-corrected chi connectivity index (χ2v) is 6.92. The second-order valence-electron chi connectivity index (χ2n) is 6.52. The van der Waals surface area contributed by atoms with E-state index in [0.29, 0.717) is 23.4 Å². The monoisotopic (exact) mass is 393 g/mol. The number of likely N-dealkylation sites (N-methyl/N-ethyl adjacent to an activating group) is 1.